The Morgan fingerprint density at radius 1 is 0.962 bits per heavy atom. The van der Waals surface area contributed by atoms with Gasteiger partial charge in [0, 0.05) is 22.2 Å². The van der Waals surface area contributed by atoms with Gasteiger partial charge in [0.05, 0.1) is 11.4 Å². The van der Waals surface area contributed by atoms with E-state index in [-0.39, 0.29) is 11.3 Å². The fraction of sp³-hybridized carbons (Fsp3) is 0.200. The van der Waals surface area contributed by atoms with Crippen molar-refractivity contribution in [3.8, 4) is 17.0 Å². The molecule has 0 aliphatic rings. The van der Waals surface area contributed by atoms with Gasteiger partial charge in [-0.3, -0.25) is 0 Å². The summed E-state index contributed by atoms with van der Waals surface area (Å²) in [7, 11) is 0. The van der Waals surface area contributed by atoms with Crippen LogP contribution in [-0.2, 0) is 0 Å². The van der Waals surface area contributed by atoms with E-state index in [1.54, 1.807) is 12.1 Å². The molecule has 0 saturated heterocycles. The minimum atomic E-state index is -0.190. The molecule has 0 spiro atoms. The largest absolute Gasteiger partial charge is 0.506 e. The highest BCUT2D eigenvalue weighted by atomic mass is 35.5. The first-order valence-corrected chi connectivity index (χ1v) is 8.66. The fourth-order valence-corrected chi connectivity index (χ4v) is 2.58. The molecule has 1 aromatic heterocycles. The van der Waals surface area contributed by atoms with E-state index in [0.717, 1.165) is 11.3 Å². The van der Waals surface area contributed by atoms with Crippen LogP contribution in [0.15, 0.2) is 54.6 Å². The molecule has 0 radical (unpaired) electrons. The summed E-state index contributed by atoms with van der Waals surface area (Å²) in [4.78, 5) is 9.14. The second kappa shape index (κ2) is 7.22. The first-order valence-electron chi connectivity index (χ1n) is 8.28. The maximum Gasteiger partial charge on any atom is 0.225 e. The number of phenolic OH excluding ortho intramolecular Hbond substituents is 1. The molecule has 0 aliphatic heterocycles. The lowest BCUT2D eigenvalue weighted by molar-refractivity contribution is 0.477. The maximum atomic E-state index is 10.1. The van der Waals surface area contributed by atoms with Crippen LogP contribution in [0.25, 0.3) is 11.3 Å². The number of nitrogens with one attached hydrogen (secondary N) is 2. The number of benzene rings is 2. The van der Waals surface area contributed by atoms with E-state index < -0.39 is 0 Å². The summed E-state index contributed by atoms with van der Waals surface area (Å²) in [6, 6.07) is 16.5. The van der Waals surface area contributed by atoms with E-state index in [2.05, 4.69) is 20.6 Å². The number of phenols is 1. The summed E-state index contributed by atoms with van der Waals surface area (Å²) in [5, 5.41) is 17.0. The Bertz CT molecular complexity index is 907. The fourth-order valence-electron chi connectivity index (χ4n) is 2.41. The van der Waals surface area contributed by atoms with E-state index in [1.165, 1.54) is 6.07 Å². The number of rotatable bonds is 4. The van der Waals surface area contributed by atoms with Crippen LogP contribution in [0.3, 0.4) is 0 Å². The Morgan fingerprint density at radius 3 is 2.38 bits per heavy atom. The zero-order valence-corrected chi connectivity index (χ0v) is 15.7. The Kier molecular flexibility index (Phi) is 5.00. The molecule has 0 atom stereocenters. The minimum absolute atomic E-state index is 0.0969. The zero-order chi connectivity index (χ0) is 18.7. The van der Waals surface area contributed by atoms with Crippen molar-refractivity contribution in [2.45, 2.75) is 26.3 Å². The van der Waals surface area contributed by atoms with E-state index >= 15 is 0 Å². The van der Waals surface area contributed by atoms with Crippen LogP contribution in [0, 0.1) is 0 Å². The molecule has 6 heteroatoms. The molecule has 3 N–H and O–H groups in total. The number of halogens is 1. The average Bonchev–Trinajstić information content (AvgIpc) is 2.57. The van der Waals surface area contributed by atoms with Crippen LogP contribution in [0.5, 0.6) is 5.75 Å². The second-order valence-electron chi connectivity index (χ2n) is 6.99. The van der Waals surface area contributed by atoms with Gasteiger partial charge in [0.1, 0.15) is 11.6 Å². The van der Waals surface area contributed by atoms with Gasteiger partial charge in [-0.15, -0.1) is 0 Å². The molecule has 0 bridgehead atoms. The van der Waals surface area contributed by atoms with E-state index in [0.29, 0.717) is 22.5 Å². The van der Waals surface area contributed by atoms with Crippen LogP contribution in [0.1, 0.15) is 20.8 Å². The molecule has 0 saturated carbocycles. The number of nitrogens with zero attached hydrogens (tertiary/aromatic N) is 2. The van der Waals surface area contributed by atoms with Crippen molar-refractivity contribution in [3.05, 3.63) is 59.6 Å². The third kappa shape index (κ3) is 4.64. The van der Waals surface area contributed by atoms with Gasteiger partial charge in [0.25, 0.3) is 0 Å². The zero-order valence-electron chi connectivity index (χ0n) is 14.9. The SMILES string of the molecule is CC(C)(C)Nc1nc(Nc2cc(Cl)ccc2O)cc(-c2ccccc2)n1. The lowest BCUT2D eigenvalue weighted by Crippen LogP contribution is -2.27. The first kappa shape index (κ1) is 18.0. The van der Waals surface area contributed by atoms with Crippen LogP contribution in [0.4, 0.5) is 17.5 Å². The van der Waals surface area contributed by atoms with E-state index in [9.17, 15) is 5.11 Å². The molecule has 2 aromatic carbocycles. The number of aromatic hydroxyl groups is 1. The predicted octanol–water partition coefficient (Wildman–Crippen LogP) is 5.46. The van der Waals surface area contributed by atoms with Gasteiger partial charge >= 0.3 is 0 Å². The lowest BCUT2D eigenvalue weighted by Gasteiger charge is -2.21. The normalized spacial score (nSPS) is 11.2. The quantitative estimate of drug-likeness (QED) is 0.533. The highest BCUT2D eigenvalue weighted by molar-refractivity contribution is 6.31. The Labute approximate surface area is 158 Å². The highest BCUT2D eigenvalue weighted by Crippen LogP contribution is 2.31. The second-order valence-corrected chi connectivity index (χ2v) is 7.43. The van der Waals surface area contributed by atoms with Crippen LogP contribution in [-0.4, -0.2) is 20.6 Å². The molecule has 1 heterocycles. The van der Waals surface area contributed by atoms with Gasteiger partial charge in [0.15, 0.2) is 0 Å². The number of aromatic nitrogens is 2. The maximum absolute atomic E-state index is 10.1. The Morgan fingerprint density at radius 2 is 1.69 bits per heavy atom. The topological polar surface area (TPSA) is 70.1 Å². The van der Waals surface area contributed by atoms with E-state index in [4.69, 9.17) is 11.6 Å². The molecule has 3 rings (SSSR count). The van der Waals surface area contributed by atoms with Gasteiger partial charge in [-0.2, -0.15) is 4.98 Å². The van der Waals surface area contributed by atoms with Crippen molar-refractivity contribution < 1.29 is 5.11 Å². The van der Waals surface area contributed by atoms with Gasteiger partial charge in [-0.1, -0.05) is 41.9 Å². The standard InChI is InChI=1S/C20H21ClN4O/c1-20(2,3)25-19-23-15(13-7-5-4-6-8-13)12-18(24-19)22-16-11-14(21)9-10-17(16)26/h4-12,26H,1-3H3,(H2,22,23,24,25). The molecular weight excluding hydrogens is 348 g/mol. The smallest absolute Gasteiger partial charge is 0.225 e. The van der Waals surface area contributed by atoms with Gasteiger partial charge in [0.2, 0.25) is 5.95 Å². The molecule has 0 amide bonds. The Hall–Kier alpha value is -2.79. The minimum Gasteiger partial charge on any atom is -0.506 e. The van der Waals surface area contributed by atoms with Crippen LogP contribution in [0.2, 0.25) is 5.02 Å². The number of hydrogen-bond acceptors (Lipinski definition) is 5. The molecule has 26 heavy (non-hydrogen) atoms. The van der Waals surface area contributed by atoms with Crippen molar-refractivity contribution in [3.63, 3.8) is 0 Å². The monoisotopic (exact) mass is 368 g/mol. The highest BCUT2D eigenvalue weighted by Gasteiger charge is 2.14. The van der Waals surface area contributed by atoms with Crippen LogP contribution < -0.4 is 10.6 Å². The molecule has 3 aromatic rings. The number of anilines is 3. The predicted molar refractivity (Wildman–Crippen MR) is 107 cm³/mol. The third-order valence-electron chi connectivity index (χ3n) is 3.50. The summed E-state index contributed by atoms with van der Waals surface area (Å²) in [5.41, 5.74) is 2.05. The molecule has 0 unspecified atom stereocenters. The van der Waals surface area contributed by atoms with Gasteiger partial charge in [-0.25, -0.2) is 4.98 Å². The summed E-state index contributed by atoms with van der Waals surface area (Å²) < 4.78 is 0. The van der Waals surface area contributed by atoms with Crippen molar-refractivity contribution in [2.75, 3.05) is 10.6 Å². The molecular formula is C20H21ClN4O. The number of hydrogen-bond donors (Lipinski definition) is 3. The summed E-state index contributed by atoms with van der Waals surface area (Å²) in [6.07, 6.45) is 0. The molecule has 0 aliphatic carbocycles. The Balaban J connectivity index is 2.03. The molecule has 5 nitrogen and oxygen atoms in total. The third-order valence-corrected chi connectivity index (χ3v) is 3.74. The first-order chi connectivity index (χ1) is 12.3. The van der Waals surface area contributed by atoms with Crippen molar-refractivity contribution in [1.29, 1.82) is 0 Å². The molecule has 0 fully saturated rings. The lowest BCUT2D eigenvalue weighted by atomic mass is 10.1. The average molecular weight is 369 g/mol. The molecule has 134 valence electrons. The van der Waals surface area contributed by atoms with Crippen molar-refractivity contribution in [2.24, 2.45) is 0 Å². The van der Waals surface area contributed by atoms with Crippen molar-refractivity contribution in [1.82, 2.24) is 9.97 Å². The van der Waals surface area contributed by atoms with Crippen molar-refractivity contribution >= 4 is 29.1 Å². The van der Waals surface area contributed by atoms with Gasteiger partial charge in [-0.05, 0) is 39.0 Å². The van der Waals surface area contributed by atoms with Gasteiger partial charge < -0.3 is 15.7 Å². The summed E-state index contributed by atoms with van der Waals surface area (Å²) in [6.45, 7) is 6.13. The van der Waals surface area contributed by atoms with Crippen LogP contribution >= 0.6 is 11.6 Å². The van der Waals surface area contributed by atoms with E-state index in [1.807, 2.05) is 57.2 Å². The summed E-state index contributed by atoms with van der Waals surface area (Å²) >= 11 is 6.03. The summed E-state index contributed by atoms with van der Waals surface area (Å²) in [5.74, 6) is 1.16.